The van der Waals surface area contributed by atoms with Crippen LogP contribution in [-0.2, 0) is 14.5 Å². The summed E-state index contributed by atoms with van der Waals surface area (Å²) in [6.45, 7) is 20.5. The Morgan fingerprint density at radius 2 is 0.930 bits per heavy atom. The van der Waals surface area contributed by atoms with Gasteiger partial charge in [-0.2, -0.15) is 0 Å². The van der Waals surface area contributed by atoms with Crippen molar-refractivity contribution in [1.29, 1.82) is 0 Å². The number of aryl methyl sites for hydroxylation is 2. The number of halogens is 6. The van der Waals surface area contributed by atoms with Crippen LogP contribution in [0.3, 0.4) is 0 Å². The molecule has 0 saturated heterocycles. The van der Waals surface area contributed by atoms with Gasteiger partial charge < -0.3 is 19.6 Å². The molecule has 2 amide bonds. The molecule has 1 N–H and O–H groups in total. The van der Waals surface area contributed by atoms with E-state index in [-0.39, 0.29) is 51.8 Å². The summed E-state index contributed by atoms with van der Waals surface area (Å²) in [5, 5.41) is 8.76. The topological polar surface area (TPSA) is 70.1 Å². The molecule has 4 rings (SSSR count). The Morgan fingerprint density at radius 1 is 0.596 bits per heavy atom. The molecule has 0 bridgehead atoms. The molecule has 57 heavy (non-hydrogen) atoms. The number of phenolic OH excluding ortho intramolecular Hbond substituents is 1. The molecule has 2 atom stereocenters. The number of hydrogen-bond acceptors (Lipinski definition) is 4. The Kier molecular flexibility index (Phi) is 32.9. The van der Waals surface area contributed by atoms with Gasteiger partial charge in [0.15, 0.2) is 0 Å². The van der Waals surface area contributed by atoms with Crippen LogP contribution in [0.25, 0.3) is 0 Å². The quantitative estimate of drug-likeness (QED) is 0.113. The fourth-order valence-corrected chi connectivity index (χ4v) is 6.45. The van der Waals surface area contributed by atoms with Crippen LogP contribution in [0.15, 0.2) is 109 Å². The van der Waals surface area contributed by atoms with Crippen LogP contribution in [0.2, 0.25) is 0 Å². The number of ether oxygens (including phenoxy) is 1. The molecule has 4 aromatic carbocycles. The van der Waals surface area contributed by atoms with E-state index in [1.807, 2.05) is 121 Å². The van der Waals surface area contributed by atoms with Gasteiger partial charge in [-0.1, -0.05) is 112 Å². The number of carbonyl (C=O) groups is 2. The minimum atomic E-state index is -0.295. The Morgan fingerprint density at radius 3 is 1.28 bits per heavy atom. The molecule has 0 aliphatic rings. The summed E-state index contributed by atoms with van der Waals surface area (Å²) in [5.41, 5.74) is 4.52. The summed E-state index contributed by atoms with van der Waals surface area (Å²) >= 11 is 15.2. The fraction of sp³-hybridized carbons (Fsp3) is 0.409. The van der Waals surface area contributed by atoms with Crippen molar-refractivity contribution in [3.63, 3.8) is 0 Å². The summed E-state index contributed by atoms with van der Waals surface area (Å²) < 4.78 is 6.19. The second-order valence-corrected chi connectivity index (χ2v) is 50.6. The van der Waals surface area contributed by atoms with E-state index >= 15 is 0 Å². The zero-order chi connectivity index (χ0) is 43.7. The number of alkyl halides is 1. The molecule has 6 nitrogen and oxygen atoms in total. The second kappa shape index (κ2) is 32.8. The van der Waals surface area contributed by atoms with E-state index in [0.717, 1.165) is 16.9 Å². The van der Waals surface area contributed by atoms with Crippen LogP contribution in [0.5, 0.6) is 11.5 Å². The average Bonchev–Trinajstić information content (AvgIpc) is 3.14. The standard InChI is InChI=1S/C22H29NO2.C15H22BrNO.C7H8O.I2.3HI.V/c1-16(2)23(17(3)4)22(24)15-21(19-9-7-6-8-10-19)25-20-13-11-18(5)12-14-20;1-11(2)17(12(3)4)15(18)10-14(16)13-8-6-5-7-9-13;1-6-2-4-7(8)5-3-6;1-2;;;;/h6-14,16-17,21H,15H2,1-5H3;5-9,11-12,14H,10H2,1-4H3;2-5,8H,1H3;;3*1H;/q;;;;;;;+3/p-3. The number of carbonyl (C=O) groups excluding carboxylic acids is 2. The first kappa shape index (κ1) is 57.1. The molecule has 0 aromatic heterocycles. The molecule has 13 heteroatoms. The first-order valence-electron chi connectivity index (χ1n) is 18.6. The predicted molar refractivity (Wildman–Crippen MR) is 286 cm³/mol. The molecular formula is C44H59BrI5N2O4V. The molecule has 0 saturated carbocycles. The summed E-state index contributed by atoms with van der Waals surface area (Å²) in [6.07, 6.45) is 0.533. The number of rotatable bonds is 12. The summed E-state index contributed by atoms with van der Waals surface area (Å²) in [6, 6.07) is 35.9. The van der Waals surface area contributed by atoms with E-state index in [0.29, 0.717) is 18.6 Å². The van der Waals surface area contributed by atoms with E-state index in [2.05, 4.69) is 168 Å². The van der Waals surface area contributed by atoms with Crippen LogP contribution in [0.1, 0.15) is 101 Å². The number of hydrogen-bond donors (Lipinski definition) is 1. The van der Waals surface area contributed by atoms with Gasteiger partial charge in [0.2, 0.25) is 11.8 Å². The normalized spacial score (nSPS) is 11.5. The maximum absolute atomic E-state index is 12.9. The number of amides is 2. The number of benzene rings is 4. The van der Waals surface area contributed by atoms with Crippen LogP contribution in [-0.4, -0.2) is 50.9 Å². The summed E-state index contributed by atoms with van der Waals surface area (Å²) in [7, 11) is 0. The number of phenols is 1. The molecule has 0 fully saturated rings. The van der Waals surface area contributed by atoms with Crippen LogP contribution in [0.4, 0.5) is 0 Å². The number of aromatic hydroxyl groups is 1. The zero-order valence-electron chi connectivity index (χ0n) is 34.6. The summed E-state index contributed by atoms with van der Waals surface area (Å²) in [4.78, 5) is 28.9. The van der Waals surface area contributed by atoms with Crippen LogP contribution < -0.4 is 4.74 Å². The molecule has 0 heterocycles. The van der Waals surface area contributed by atoms with Gasteiger partial charge in [-0.05, 0) is 105 Å². The van der Waals surface area contributed by atoms with Crippen molar-refractivity contribution in [3.8, 4) is 11.5 Å². The van der Waals surface area contributed by atoms with Crippen LogP contribution in [0, 0.1) is 13.8 Å². The molecule has 0 spiro atoms. The molecule has 4 aromatic rings. The van der Waals surface area contributed by atoms with Gasteiger partial charge in [-0.3, -0.25) is 9.59 Å². The third-order valence-electron chi connectivity index (χ3n) is 8.18. The second-order valence-electron chi connectivity index (χ2n) is 14.1. The van der Waals surface area contributed by atoms with E-state index in [4.69, 9.17) is 9.84 Å². The van der Waals surface area contributed by atoms with Crippen molar-refractivity contribution in [2.75, 3.05) is 0 Å². The van der Waals surface area contributed by atoms with Gasteiger partial charge in [0.05, 0.1) is 6.42 Å². The molecule has 0 aliphatic heterocycles. The Hall–Kier alpha value is 0.134. The van der Waals surface area contributed by atoms with Crippen molar-refractivity contribution in [2.24, 2.45) is 0 Å². The van der Waals surface area contributed by atoms with Crippen molar-refractivity contribution in [3.05, 3.63) is 131 Å². The van der Waals surface area contributed by atoms with E-state index in [9.17, 15) is 9.59 Å². The minimum absolute atomic E-state index is 0.0891. The van der Waals surface area contributed by atoms with E-state index in [1.165, 1.54) is 11.1 Å². The van der Waals surface area contributed by atoms with Crippen LogP contribution >= 0.6 is 113 Å². The molecule has 0 radical (unpaired) electrons. The third kappa shape index (κ3) is 25.6. The van der Waals surface area contributed by atoms with Crippen molar-refractivity contribution >= 4 is 125 Å². The summed E-state index contributed by atoms with van der Waals surface area (Å²) in [5.74, 6) is 1.43. The first-order chi connectivity index (χ1) is 26.8. The molecule has 0 aliphatic carbocycles. The van der Waals surface area contributed by atoms with Crippen molar-refractivity contribution in [2.45, 2.75) is 117 Å². The molecule has 316 valence electrons. The molecular weight excluding hydrogens is 1390 g/mol. The predicted octanol–water partition coefficient (Wildman–Crippen LogP) is 15.4. The average molecular weight is 1450 g/mol. The van der Waals surface area contributed by atoms with Gasteiger partial charge in [-0.15, -0.1) is 0 Å². The SMILES string of the molecule is CC(C)N(C(=O)CC(Br)c1ccccc1)C(C)C.Cc1ccc(O)cc1.Cc1ccc(OC(CC(=O)N(C(C)C)C(C)C)c2ccccc2)cc1.II.[I][V]([I])[I]. The fourth-order valence-electron chi connectivity index (χ4n) is 5.87. The number of nitrogens with zero attached hydrogens (tertiary/aromatic N) is 2. The maximum atomic E-state index is 12.9. The Labute approximate surface area is 413 Å². The van der Waals surface area contributed by atoms with Gasteiger partial charge in [0.1, 0.15) is 17.6 Å². The van der Waals surface area contributed by atoms with Crippen molar-refractivity contribution < 1.29 is 24.4 Å². The Bertz CT molecular complexity index is 1600. The zero-order valence-corrected chi connectivity index (χ0v) is 48.3. The first-order valence-corrected chi connectivity index (χ1v) is 39.3. The van der Waals surface area contributed by atoms with Gasteiger partial charge in [0, 0.05) is 72.6 Å². The van der Waals surface area contributed by atoms with Gasteiger partial charge in [0.25, 0.3) is 0 Å². The van der Waals surface area contributed by atoms with Gasteiger partial charge in [-0.25, -0.2) is 0 Å². The third-order valence-corrected chi connectivity index (χ3v) is 9.03. The van der Waals surface area contributed by atoms with E-state index in [1.54, 1.807) is 12.1 Å². The van der Waals surface area contributed by atoms with Crippen molar-refractivity contribution in [1.82, 2.24) is 9.80 Å². The Balaban J connectivity index is 0.000000847. The molecule has 2 unspecified atom stereocenters. The van der Waals surface area contributed by atoms with Gasteiger partial charge >= 0.3 is 64.9 Å². The van der Waals surface area contributed by atoms with E-state index < -0.39 is 0 Å². The monoisotopic (exact) mass is 1440 g/mol.